The zero-order valence-electron chi connectivity index (χ0n) is 16.3. The number of fused-ring (bicyclic) bond motifs is 1. The molecule has 0 radical (unpaired) electrons. The number of carbonyl (C=O) groups excluding carboxylic acids is 3. The molecule has 0 aliphatic heterocycles. The maximum Gasteiger partial charge on any atom is 0.375 e. The SMILES string of the molecule is COc1ccc2oc(C(=O)O[C@H](C)C(=O)NC(=O)NC(C)(C)C)c(C)c2c1. The average Bonchev–Trinajstić information content (AvgIpc) is 2.89. The fraction of sp³-hybridized carbons (Fsp3) is 0.421. The van der Waals surface area contributed by atoms with Crippen molar-refractivity contribution in [2.75, 3.05) is 7.11 Å². The normalized spacial score (nSPS) is 12.4. The third-order valence-electron chi connectivity index (χ3n) is 3.71. The number of amides is 3. The first-order valence-corrected chi connectivity index (χ1v) is 8.43. The Bertz CT molecular complexity index is 878. The molecule has 3 amide bonds. The number of methoxy groups -OCH3 is 1. The molecule has 0 unspecified atom stereocenters. The van der Waals surface area contributed by atoms with Crippen LogP contribution in [0.4, 0.5) is 4.79 Å². The highest BCUT2D eigenvalue weighted by Gasteiger charge is 2.26. The minimum atomic E-state index is -1.18. The zero-order chi connectivity index (χ0) is 20.4. The van der Waals surface area contributed by atoms with E-state index in [-0.39, 0.29) is 5.76 Å². The van der Waals surface area contributed by atoms with Gasteiger partial charge in [-0.05, 0) is 52.8 Å². The second-order valence-corrected chi connectivity index (χ2v) is 7.16. The standard InChI is InChI=1S/C19H24N2O6/c1-10-13-9-12(25-6)7-8-14(13)27-15(10)17(23)26-11(2)16(22)20-18(24)21-19(3,4)5/h7-9,11H,1-6H3,(H2,20,21,22,24)/t11-/m1/s1. The van der Waals surface area contributed by atoms with E-state index in [0.29, 0.717) is 22.3 Å². The van der Waals surface area contributed by atoms with Gasteiger partial charge >= 0.3 is 12.0 Å². The lowest BCUT2D eigenvalue weighted by Gasteiger charge is -2.21. The largest absolute Gasteiger partial charge is 0.497 e. The highest BCUT2D eigenvalue weighted by molar-refractivity contribution is 6.00. The van der Waals surface area contributed by atoms with E-state index in [2.05, 4.69) is 10.6 Å². The number of furan rings is 1. The lowest BCUT2D eigenvalue weighted by atomic mass is 10.1. The van der Waals surface area contributed by atoms with Crippen LogP contribution in [-0.2, 0) is 9.53 Å². The van der Waals surface area contributed by atoms with Crippen LogP contribution in [0.1, 0.15) is 43.8 Å². The highest BCUT2D eigenvalue weighted by atomic mass is 16.6. The molecule has 0 aliphatic rings. The minimum absolute atomic E-state index is 0.00274. The third-order valence-corrected chi connectivity index (χ3v) is 3.71. The van der Waals surface area contributed by atoms with Crippen LogP contribution >= 0.6 is 0 Å². The molecule has 1 atom stereocenters. The molecule has 0 aliphatic carbocycles. The quantitative estimate of drug-likeness (QED) is 0.795. The fourth-order valence-corrected chi connectivity index (χ4v) is 2.37. The number of imide groups is 1. The van der Waals surface area contributed by atoms with Crippen molar-refractivity contribution in [2.45, 2.75) is 46.3 Å². The second-order valence-electron chi connectivity index (χ2n) is 7.16. The lowest BCUT2D eigenvalue weighted by molar-refractivity contribution is -0.128. The number of benzene rings is 1. The van der Waals surface area contributed by atoms with Crippen molar-refractivity contribution in [3.8, 4) is 5.75 Å². The summed E-state index contributed by atoms with van der Waals surface area (Å²) in [6.07, 6.45) is -1.18. The Hall–Kier alpha value is -3.03. The molecule has 2 aromatic rings. The first-order chi connectivity index (χ1) is 12.5. The van der Waals surface area contributed by atoms with E-state index in [0.717, 1.165) is 0 Å². The number of carbonyl (C=O) groups is 3. The molecule has 8 nitrogen and oxygen atoms in total. The number of rotatable bonds is 4. The van der Waals surface area contributed by atoms with Crippen molar-refractivity contribution >= 4 is 28.9 Å². The van der Waals surface area contributed by atoms with Gasteiger partial charge in [-0.3, -0.25) is 10.1 Å². The lowest BCUT2D eigenvalue weighted by Crippen LogP contribution is -2.50. The molecule has 0 spiro atoms. The molecule has 2 rings (SSSR count). The van der Waals surface area contributed by atoms with Crippen LogP contribution in [0.5, 0.6) is 5.75 Å². The first kappa shape index (κ1) is 20.3. The third kappa shape index (κ3) is 4.99. The van der Waals surface area contributed by atoms with Crippen LogP contribution in [0.2, 0.25) is 0 Å². The number of urea groups is 1. The van der Waals surface area contributed by atoms with Gasteiger partial charge in [0.05, 0.1) is 7.11 Å². The van der Waals surface area contributed by atoms with Crippen LogP contribution in [0, 0.1) is 6.92 Å². The molecule has 1 aromatic heterocycles. The van der Waals surface area contributed by atoms with Gasteiger partial charge in [0.1, 0.15) is 11.3 Å². The molecule has 146 valence electrons. The Labute approximate surface area is 157 Å². The summed E-state index contributed by atoms with van der Waals surface area (Å²) in [6.45, 7) is 8.42. The van der Waals surface area contributed by atoms with Crippen molar-refractivity contribution in [2.24, 2.45) is 0 Å². The van der Waals surface area contributed by atoms with Crippen molar-refractivity contribution < 1.29 is 28.3 Å². The smallest absolute Gasteiger partial charge is 0.375 e. The van der Waals surface area contributed by atoms with E-state index in [1.165, 1.54) is 6.92 Å². The van der Waals surface area contributed by atoms with Crippen molar-refractivity contribution in [1.29, 1.82) is 0 Å². The molecule has 8 heteroatoms. The molecule has 1 heterocycles. The van der Waals surface area contributed by atoms with E-state index in [1.54, 1.807) is 53.0 Å². The summed E-state index contributed by atoms with van der Waals surface area (Å²) in [7, 11) is 1.54. The summed E-state index contributed by atoms with van der Waals surface area (Å²) in [5, 5.41) is 5.43. The van der Waals surface area contributed by atoms with E-state index in [9.17, 15) is 14.4 Å². The number of nitrogens with one attached hydrogen (secondary N) is 2. The predicted molar refractivity (Wildman–Crippen MR) is 98.8 cm³/mol. The Morgan fingerprint density at radius 3 is 2.44 bits per heavy atom. The maximum atomic E-state index is 12.4. The van der Waals surface area contributed by atoms with Gasteiger partial charge < -0.3 is 19.2 Å². The number of ether oxygens (including phenoxy) is 2. The maximum absolute atomic E-state index is 12.4. The van der Waals surface area contributed by atoms with E-state index in [4.69, 9.17) is 13.9 Å². The number of aryl methyl sites for hydroxylation is 1. The van der Waals surface area contributed by atoms with Crippen LogP contribution in [0.3, 0.4) is 0 Å². The number of hydrogen-bond acceptors (Lipinski definition) is 6. The summed E-state index contributed by atoms with van der Waals surface area (Å²) >= 11 is 0. The zero-order valence-corrected chi connectivity index (χ0v) is 16.3. The van der Waals surface area contributed by atoms with Crippen LogP contribution < -0.4 is 15.4 Å². The van der Waals surface area contributed by atoms with Gasteiger partial charge in [-0.1, -0.05) is 0 Å². The summed E-state index contributed by atoms with van der Waals surface area (Å²) < 4.78 is 15.9. The predicted octanol–water partition coefficient (Wildman–Crippen LogP) is 2.92. The fourth-order valence-electron chi connectivity index (χ4n) is 2.37. The Balaban J connectivity index is 2.08. The first-order valence-electron chi connectivity index (χ1n) is 8.43. The Morgan fingerprint density at radius 2 is 1.85 bits per heavy atom. The molecule has 1 aromatic carbocycles. The Morgan fingerprint density at radius 1 is 1.19 bits per heavy atom. The summed E-state index contributed by atoms with van der Waals surface area (Å²) in [5.74, 6) is -0.900. The second kappa shape index (κ2) is 7.69. The van der Waals surface area contributed by atoms with Gasteiger partial charge in [0.2, 0.25) is 5.76 Å². The molecule has 0 bridgehead atoms. The van der Waals surface area contributed by atoms with Gasteiger partial charge in [-0.25, -0.2) is 9.59 Å². The Kier molecular flexibility index (Phi) is 5.78. The molecule has 27 heavy (non-hydrogen) atoms. The van der Waals surface area contributed by atoms with E-state index < -0.39 is 29.6 Å². The summed E-state index contributed by atoms with van der Waals surface area (Å²) in [5.41, 5.74) is 0.574. The van der Waals surface area contributed by atoms with Crippen LogP contribution in [-0.4, -0.2) is 36.7 Å². The molecule has 0 saturated heterocycles. The average molecular weight is 376 g/mol. The van der Waals surface area contributed by atoms with Gasteiger partial charge in [0.15, 0.2) is 6.10 Å². The number of hydrogen-bond donors (Lipinski definition) is 2. The summed E-state index contributed by atoms with van der Waals surface area (Å²) in [4.78, 5) is 36.2. The van der Waals surface area contributed by atoms with Gasteiger partial charge in [-0.15, -0.1) is 0 Å². The molecule has 0 saturated carbocycles. The molecular weight excluding hydrogens is 352 g/mol. The molecular formula is C19H24N2O6. The topological polar surface area (TPSA) is 107 Å². The molecule has 0 fully saturated rings. The summed E-state index contributed by atoms with van der Waals surface area (Å²) in [6, 6.07) is 4.48. The minimum Gasteiger partial charge on any atom is -0.497 e. The monoisotopic (exact) mass is 376 g/mol. The van der Waals surface area contributed by atoms with Crippen molar-refractivity contribution in [3.05, 3.63) is 29.5 Å². The number of esters is 1. The van der Waals surface area contributed by atoms with Crippen molar-refractivity contribution in [3.63, 3.8) is 0 Å². The van der Waals surface area contributed by atoms with E-state index >= 15 is 0 Å². The van der Waals surface area contributed by atoms with Crippen molar-refractivity contribution in [1.82, 2.24) is 10.6 Å². The van der Waals surface area contributed by atoms with Gasteiger partial charge in [-0.2, -0.15) is 0 Å². The van der Waals surface area contributed by atoms with Gasteiger partial charge in [0, 0.05) is 16.5 Å². The van der Waals surface area contributed by atoms with Gasteiger partial charge in [0.25, 0.3) is 5.91 Å². The van der Waals surface area contributed by atoms with Crippen LogP contribution in [0.25, 0.3) is 11.0 Å². The molecule has 2 N–H and O–H groups in total. The van der Waals surface area contributed by atoms with E-state index in [1.807, 2.05) is 0 Å². The van der Waals surface area contributed by atoms with Crippen LogP contribution in [0.15, 0.2) is 22.6 Å². The highest BCUT2D eigenvalue weighted by Crippen LogP contribution is 2.29.